The third kappa shape index (κ3) is 1.95. The Balaban J connectivity index is 2.72. The summed E-state index contributed by atoms with van der Waals surface area (Å²) in [5.74, 6) is 0.0445. The molecule has 0 aliphatic carbocycles. The molecule has 0 N–H and O–H groups in total. The highest BCUT2D eigenvalue weighted by Crippen LogP contribution is 2.10. The van der Waals surface area contributed by atoms with E-state index in [0.29, 0.717) is 0 Å². The molecule has 0 aromatic carbocycles. The number of thiophene rings is 1. The Morgan fingerprint density at radius 1 is 1.67 bits per heavy atom. The van der Waals surface area contributed by atoms with Crippen LogP contribution < -0.4 is 0 Å². The molecule has 0 aliphatic heterocycles. The smallest absolute Gasteiger partial charge is 0.267 e. The average molecular weight is 181 g/mol. The molecule has 0 bridgehead atoms. The van der Waals surface area contributed by atoms with Crippen molar-refractivity contribution >= 4 is 17.2 Å². The third-order valence-corrected chi connectivity index (χ3v) is 2.28. The zero-order chi connectivity index (χ0) is 8.97. The molecular formula is C9H11NOS. The van der Waals surface area contributed by atoms with E-state index in [9.17, 15) is 4.79 Å². The first-order valence-electron chi connectivity index (χ1n) is 3.69. The van der Waals surface area contributed by atoms with Gasteiger partial charge in [0.2, 0.25) is 0 Å². The summed E-state index contributed by atoms with van der Waals surface area (Å²) in [5, 5.41) is 1.90. The van der Waals surface area contributed by atoms with Gasteiger partial charge in [-0.2, -0.15) is 0 Å². The van der Waals surface area contributed by atoms with Gasteiger partial charge in [-0.15, -0.1) is 11.3 Å². The van der Waals surface area contributed by atoms with Crippen LogP contribution in [0.4, 0.5) is 0 Å². The van der Waals surface area contributed by atoms with Gasteiger partial charge in [0.15, 0.2) is 0 Å². The van der Waals surface area contributed by atoms with Gasteiger partial charge < -0.3 is 4.90 Å². The lowest BCUT2D eigenvalue weighted by molar-refractivity contribution is 0.0854. The molecular weight excluding hydrogens is 170 g/mol. The van der Waals surface area contributed by atoms with Gasteiger partial charge in [0.05, 0.1) is 4.88 Å². The zero-order valence-corrected chi connectivity index (χ0v) is 7.97. The number of amides is 1. The third-order valence-electron chi connectivity index (χ3n) is 1.42. The highest BCUT2D eigenvalue weighted by atomic mass is 32.1. The number of nitrogens with zero attached hydrogens (tertiary/aromatic N) is 1. The SMILES string of the molecule is CC=CN(C)C(=O)c1cccs1. The van der Waals surface area contributed by atoms with Crippen LogP contribution in [-0.4, -0.2) is 17.9 Å². The van der Waals surface area contributed by atoms with Crippen LogP contribution in [0.1, 0.15) is 16.6 Å². The fourth-order valence-corrected chi connectivity index (χ4v) is 1.57. The number of carbonyl (C=O) groups is 1. The summed E-state index contributed by atoms with van der Waals surface area (Å²) in [5.41, 5.74) is 0. The predicted octanol–water partition coefficient (Wildman–Crippen LogP) is 2.35. The number of carbonyl (C=O) groups excluding carboxylic acids is 1. The summed E-state index contributed by atoms with van der Waals surface area (Å²) in [7, 11) is 1.75. The Hall–Kier alpha value is -1.09. The second-order valence-corrected chi connectivity index (χ2v) is 3.32. The topological polar surface area (TPSA) is 20.3 Å². The minimum absolute atomic E-state index is 0.0445. The Bertz CT molecular complexity index is 277. The van der Waals surface area contributed by atoms with Gasteiger partial charge in [-0.25, -0.2) is 0 Å². The molecule has 1 amide bonds. The molecule has 0 atom stereocenters. The van der Waals surface area contributed by atoms with Crippen molar-refractivity contribution in [2.24, 2.45) is 0 Å². The van der Waals surface area contributed by atoms with Crippen molar-refractivity contribution in [2.45, 2.75) is 6.92 Å². The average Bonchev–Trinajstić information content (AvgIpc) is 2.55. The lowest BCUT2D eigenvalue weighted by Crippen LogP contribution is -2.19. The van der Waals surface area contributed by atoms with Crippen LogP contribution in [-0.2, 0) is 0 Å². The maximum atomic E-state index is 11.5. The van der Waals surface area contributed by atoms with Crippen molar-refractivity contribution < 1.29 is 4.79 Å². The van der Waals surface area contributed by atoms with Gasteiger partial charge in [0.1, 0.15) is 0 Å². The van der Waals surface area contributed by atoms with E-state index in [1.807, 2.05) is 30.5 Å². The minimum Gasteiger partial charge on any atom is -0.318 e. The van der Waals surface area contributed by atoms with Crippen molar-refractivity contribution in [3.8, 4) is 0 Å². The normalized spacial score (nSPS) is 10.5. The van der Waals surface area contributed by atoms with E-state index in [1.165, 1.54) is 11.3 Å². The molecule has 0 aliphatic rings. The van der Waals surface area contributed by atoms with Crippen LogP contribution in [0.15, 0.2) is 29.8 Å². The quantitative estimate of drug-likeness (QED) is 0.685. The minimum atomic E-state index is 0.0445. The molecule has 0 fully saturated rings. The molecule has 2 nitrogen and oxygen atoms in total. The largest absolute Gasteiger partial charge is 0.318 e. The summed E-state index contributed by atoms with van der Waals surface area (Å²) in [6, 6.07) is 3.70. The van der Waals surface area contributed by atoms with Gasteiger partial charge in [-0.1, -0.05) is 12.1 Å². The molecule has 0 saturated heterocycles. The van der Waals surface area contributed by atoms with E-state index >= 15 is 0 Å². The first-order chi connectivity index (χ1) is 5.75. The van der Waals surface area contributed by atoms with Crippen molar-refractivity contribution in [1.82, 2.24) is 4.90 Å². The van der Waals surface area contributed by atoms with E-state index < -0.39 is 0 Å². The zero-order valence-electron chi connectivity index (χ0n) is 7.15. The van der Waals surface area contributed by atoms with Crippen molar-refractivity contribution in [1.29, 1.82) is 0 Å². The molecule has 1 heterocycles. The van der Waals surface area contributed by atoms with E-state index in [-0.39, 0.29) is 5.91 Å². The molecule has 64 valence electrons. The number of rotatable bonds is 2. The lowest BCUT2D eigenvalue weighted by atomic mass is 10.4. The molecule has 1 rings (SSSR count). The Labute approximate surface area is 76.1 Å². The fraction of sp³-hybridized carbons (Fsp3) is 0.222. The van der Waals surface area contributed by atoms with E-state index in [0.717, 1.165) is 4.88 Å². The molecule has 0 unspecified atom stereocenters. The Morgan fingerprint density at radius 3 is 2.92 bits per heavy atom. The van der Waals surface area contributed by atoms with E-state index in [1.54, 1.807) is 18.1 Å². The number of hydrogen-bond donors (Lipinski definition) is 0. The van der Waals surface area contributed by atoms with Crippen LogP contribution in [0.2, 0.25) is 0 Å². The summed E-state index contributed by atoms with van der Waals surface area (Å²) >= 11 is 1.46. The lowest BCUT2D eigenvalue weighted by Gasteiger charge is -2.09. The first-order valence-corrected chi connectivity index (χ1v) is 4.57. The van der Waals surface area contributed by atoms with Gasteiger partial charge in [0.25, 0.3) is 5.91 Å². The van der Waals surface area contributed by atoms with Crippen LogP contribution in [0.25, 0.3) is 0 Å². The van der Waals surface area contributed by atoms with Crippen LogP contribution in [0, 0.1) is 0 Å². The van der Waals surface area contributed by atoms with Crippen molar-refractivity contribution in [2.75, 3.05) is 7.05 Å². The standard InChI is InChI=1S/C9H11NOS/c1-3-6-10(2)9(11)8-5-4-7-12-8/h3-7H,1-2H3. The van der Waals surface area contributed by atoms with Gasteiger partial charge in [-0.3, -0.25) is 4.79 Å². The summed E-state index contributed by atoms with van der Waals surface area (Å²) in [6.45, 7) is 1.89. The maximum absolute atomic E-state index is 11.5. The van der Waals surface area contributed by atoms with Crippen molar-refractivity contribution in [3.63, 3.8) is 0 Å². The second-order valence-electron chi connectivity index (χ2n) is 2.38. The van der Waals surface area contributed by atoms with Crippen LogP contribution in [0.5, 0.6) is 0 Å². The Morgan fingerprint density at radius 2 is 2.42 bits per heavy atom. The number of allylic oxidation sites excluding steroid dienone is 1. The van der Waals surface area contributed by atoms with Gasteiger partial charge in [-0.05, 0) is 18.4 Å². The van der Waals surface area contributed by atoms with Gasteiger partial charge in [0, 0.05) is 13.2 Å². The second kappa shape index (κ2) is 4.07. The van der Waals surface area contributed by atoms with E-state index in [2.05, 4.69) is 0 Å². The number of hydrogen-bond acceptors (Lipinski definition) is 2. The fourth-order valence-electron chi connectivity index (χ4n) is 0.865. The molecule has 1 aromatic heterocycles. The van der Waals surface area contributed by atoms with Crippen molar-refractivity contribution in [3.05, 3.63) is 34.7 Å². The summed E-state index contributed by atoms with van der Waals surface area (Å²) < 4.78 is 0. The molecule has 0 saturated carbocycles. The predicted molar refractivity (Wildman–Crippen MR) is 51.2 cm³/mol. The molecule has 12 heavy (non-hydrogen) atoms. The highest BCUT2D eigenvalue weighted by Gasteiger charge is 2.08. The Kier molecular flexibility index (Phi) is 3.05. The first kappa shape index (κ1) is 9.00. The summed E-state index contributed by atoms with van der Waals surface area (Å²) in [4.78, 5) is 13.8. The molecule has 0 radical (unpaired) electrons. The molecule has 1 aromatic rings. The van der Waals surface area contributed by atoms with E-state index in [4.69, 9.17) is 0 Å². The molecule has 0 spiro atoms. The highest BCUT2D eigenvalue weighted by molar-refractivity contribution is 7.12. The van der Waals surface area contributed by atoms with Crippen LogP contribution in [0.3, 0.4) is 0 Å². The maximum Gasteiger partial charge on any atom is 0.267 e. The van der Waals surface area contributed by atoms with Gasteiger partial charge >= 0.3 is 0 Å². The van der Waals surface area contributed by atoms with Crippen LogP contribution >= 0.6 is 11.3 Å². The summed E-state index contributed by atoms with van der Waals surface area (Å²) in [6.07, 6.45) is 3.59. The monoisotopic (exact) mass is 181 g/mol. The molecule has 3 heteroatoms.